The Hall–Kier alpha value is -2.66. The van der Waals surface area contributed by atoms with Crippen LogP contribution in [0, 0.1) is 0 Å². The van der Waals surface area contributed by atoms with Crippen molar-refractivity contribution >= 4 is 40.4 Å². The Kier molecular flexibility index (Phi) is 3.19. The summed E-state index contributed by atoms with van der Waals surface area (Å²) in [5, 5.41) is 2.86. The van der Waals surface area contributed by atoms with Crippen molar-refractivity contribution in [2.24, 2.45) is 0 Å². The normalized spacial score (nSPS) is 14.5. The van der Waals surface area contributed by atoms with Gasteiger partial charge in [-0.2, -0.15) is 4.57 Å². The third-order valence-electron chi connectivity index (χ3n) is 3.12. The van der Waals surface area contributed by atoms with E-state index >= 15 is 0 Å². The minimum atomic E-state index is -0.458. The van der Waals surface area contributed by atoms with Crippen LogP contribution in [-0.2, 0) is 9.59 Å². The lowest BCUT2D eigenvalue weighted by Crippen LogP contribution is -2.37. The zero-order chi connectivity index (χ0) is 15.0. The minimum Gasteiger partial charge on any atom is -0.394 e. The Labute approximate surface area is 125 Å². The number of carbonyl (C=O) groups is 2. The smallest absolute Gasteiger partial charge is 0.324 e. The second kappa shape index (κ2) is 5.03. The van der Waals surface area contributed by atoms with Gasteiger partial charge in [-0.05, 0) is 23.8 Å². The molecule has 5 nitrogen and oxygen atoms in total. The van der Waals surface area contributed by atoms with Crippen LogP contribution in [0.4, 0.5) is 5.69 Å². The van der Waals surface area contributed by atoms with Gasteiger partial charge in [0.2, 0.25) is 0 Å². The van der Waals surface area contributed by atoms with E-state index in [1.807, 2.05) is 0 Å². The van der Waals surface area contributed by atoms with E-state index in [-0.39, 0.29) is 5.70 Å². The van der Waals surface area contributed by atoms with E-state index in [0.29, 0.717) is 21.8 Å². The predicted octanol–water partition coefficient (Wildman–Crippen LogP) is 1.23. The number of aromatic nitrogens is 1. The first-order valence-electron chi connectivity index (χ1n) is 6.19. The first-order chi connectivity index (χ1) is 10.1. The maximum absolute atomic E-state index is 12.1. The first kappa shape index (κ1) is 13.3. The summed E-state index contributed by atoms with van der Waals surface area (Å²) in [6.07, 6.45) is 3.25. The van der Waals surface area contributed by atoms with Crippen LogP contribution in [0.2, 0.25) is 5.02 Å². The predicted molar refractivity (Wildman–Crippen MR) is 78.8 cm³/mol. The molecule has 6 heteroatoms. The largest absolute Gasteiger partial charge is 0.394 e. The molecule has 0 fully saturated rings. The van der Waals surface area contributed by atoms with Gasteiger partial charge < -0.3 is 5.73 Å². The summed E-state index contributed by atoms with van der Waals surface area (Å²) in [4.78, 5) is 24.1. The number of nitrogens with two attached hydrogens (primary N) is 1. The van der Waals surface area contributed by atoms with Crippen molar-refractivity contribution in [3.05, 3.63) is 59.4 Å². The van der Waals surface area contributed by atoms with Crippen molar-refractivity contribution in [3.63, 3.8) is 0 Å². The van der Waals surface area contributed by atoms with E-state index in [0.717, 1.165) is 0 Å². The highest BCUT2D eigenvalue weighted by Crippen LogP contribution is 2.25. The SMILES string of the molecule is Nc1ccc[n+](C2=C(c3ccc(Cl)cc3)C(=O)NC2=O)c1. The quantitative estimate of drug-likeness (QED) is 0.647. The number of anilines is 1. The summed E-state index contributed by atoms with van der Waals surface area (Å²) in [6, 6.07) is 10.1. The molecular formula is C15H11ClN3O2+. The lowest BCUT2D eigenvalue weighted by atomic mass is 10.0. The molecular weight excluding hydrogens is 290 g/mol. The van der Waals surface area contributed by atoms with Crippen LogP contribution >= 0.6 is 11.6 Å². The Morgan fingerprint density at radius 1 is 1.05 bits per heavy atom. The molecule has 2 amide bonds. The maximum atomic E-state index is 12.1. The third-order valence-corrected chi connectivity index (χ3v) is 3.37. The number of nitrogens with zero attached hydrogens (tertiary/aromatic N) is 1. The van der Waals surface area contributed by atoms with E-state index in [1.54, 1.807) is 53.4 Å². The number of imide groups is 1. The molecule has 1 aromatic carbocycles. The van der Waals surface area contributed by atoms with Gasteiger partial charge in [-0.15, -0.1) is 0 Å². The topological polar surface area (TPSA) is 76.1 Å². The van der Waals surface area contributed by atoms with E-state index in [4.69, 9.17) is 17.3 Å². The van der Waals surface area contributed by atoms with Gasteiger partial charge in [0, 0.05) is 11.1 Å². The molecule has 0 saturated carbocycles. The van der Waals surface area contributed by atoms with Gasteiger partial charge in [-0.25, -0.2) is 0 Å². The zero-order valence-electron chi connectivity index (χ0n) is 10.8. The first-order valence-corrected chi connectivity index (χ1v) is 6.57. The molecule has 2 aromatic rings. The molecule has 0 spiro atoms. The van der Waals surface area contributed by atoms with Crippen molar-refractivity contribution in [1.29, 1.82) is 0 Å². The molecule has 0 bridgehead atoms. The van der Waals surface area contributed by atoms with Crippen LogP contribution < -0.4 is 15.6 Å². The standard InChI is InChI=1S/C15H10ClN3O2/c16-10-5-3-9(4-6-10)12-13(15(21)18-14(12)20)19-7-1-2-11(17)8-19/h1-8H,17H2/p+1. The molecule has 1 aromatic heterocycles. The summed E-state index contributed by atoms with van der Waals surface area (Å²) in [5.74, 6) is -0.896. The number of hydrogen-bond donors (Lipinski definition) is 2. The van der Waals surface area contributed by atoms with Gasteiger partial charge in [-0.1, -0.05) is 23.7 Å². The van der Waals surface area contributed by atoms with Crippen LogP contribution in [0.15, 0.2) is 48.8 Å². The number of benzene rings is 1. The van der Waals surface area contributed by atoms with Gasteiger partial charge in [-0.3, -0.25) is 14.9 Å². The highest BCUT2D eigenvalue weighted by Gasteiger charge is 2.38. The average molecular weight is 301 g/mol. The molecule has 104 valence electrons. The van der Waals surface area contributed by atoms with Gasteiger partial charge in [0.25, 0.3) is 11.6 Å². The number of nitrogens with one attached hydrogen (secondary N) is 1. The summed E-state index contributed by atoms with van der Waals surface area (Å²) in [5.41, 5.74) is 7.39. The van der Waals surface area contributed by atoms with E-state index in [2.05, 4.69) is 5.32 Å². The summed E-state index contributed by atoms with van der Waals surface area (Å²) >= 11 is 5.85. The van der Waals surface area contributed by atoms with Crippen molar-refractivity contribution in [3.8, 4) is 0 Å². The lowest BCUT2D eigenvalue weighted by molar-refractivity contribution is -0.575. The molecule has 0 atom stereocenters. The number of halogens is 1. The number of rotatable bonds is 2. The molecule has 0 saturated heterocycles. The maximum Gasteiger partial charge on any atom is 0.324 e. The van der Waals surface area contributed by atoms with Crippen LogP contribution in [0.5, 0.6) is 0 Å². The fraction of sp³-hybridized carbons (Fsp3) is 0. The number of nitrogen functional groups attached to an aromatic ring is 1. The minimum absolute atomic E-state index is 0.245. The number of amides is 2. The zero-order valence-corrected chi connectivity index (χ0v) is 11.6. The molecule has 0 aliphatic carbocycles. The summed E-state index contributed by atoms with van der Waals surface area (Å²) in [6.45, 7) is 0. The molecule has 1 aliphatic rings. The van der Waals surface area contributed by atoms with Crippen molar-refractivity contribution < 1.29 is 14.2 Å². The van der Waals surface area contributed by atoms with Crippen LogP contribution in [-0.4, -0.2) is 11.8 Å². The van der Waals surface area contributed by atoms with Gasteiger partial charge in [0.1, 0.15) is 5.57 Å². The Balaban J connectivity index is 2.22. The summed E-state index contributed by atoms with van der Waals surface area (Å²) in [7, 11) is 0. The number of carbonyl (C=O) groups excluding carboxylic acids is 2. The van der Waals surface area contributed by atoms with Crippen molar-refractivity contribution in [2.75, 3.05) is 5.73 Å². The second-order valence-electron chi connectivity index (χ2n) is 4.56. The van der Waals surface area contributed by atoms with E-state index in [9.17, 15) is 9.59 Å². The van der Waals surface area contributed by atoms with Crippen LogP contribution in [0.1, 0.15) is 5.56 Å². The van der Waals surface area contributed by atoms with E-state index < -0.39 is 11.8 Å². The fourth-order valence-electron chi connectivity index (χ4n) is 2.21. The van der Waals surface area contributed by atoms with Gasteiger partial charge in [0.05, 0.1) is 5.69 Å². The number of hydrogen-bond acceptors (Lipinski definition) is 3. The van der Waals surface area contributed by atoms with Crippen molar-refractivity contribution in [2.45, 2.75) is 0 Å². The molecule has 0 unspecified atom stereocenters. The molecule has 21 heavy (non-hydrogen) atoms. The molecule has 2 heterocycles. The molecule has 3 rings (SSSR count). The fourth-order valence-corrected chi connectivity index (χ4v) is 2.34. The third kappa shape index (κ3) is 2.39. The molecule has 3 N–H and O–H groups in total. The highest BCUT2D eigenvalue weighted by atomic mass is 35.5. The van der Waals surface area contributed by atoms with E-state index in [1.165, 1.54) is 0 Å². The number of pyridine rings is 1. The average Bonchev–Trinajstić information content (AvgIpc) is 2.74. The van der Waals surface area contributed by atoms with Gasteiger partial charge in [0.15, 0.2) is 12.4 Å². The molecule has 1 aliphatic heterocycles. The Morgan fingerprint density at radius 3 is 2.43 bits per heavy atom. The Morgan fingerprint density at radius 2 is 1.76 bits per heavy atom. The van der Waals surface area contributed by atoms with Crippen LogP contribution in [0.25, 0.3) is 11.3 Å². The highest BCUT2D eigenvalue weighted by molar-refractivity contribution is 6.44. The monoisotopic (exact) mass is 300 g/mol. The lowest BCUT2D eigenvalue weighted by Gasteiger charge is -2.01. The summed E-state index contributed by atoms with van der Waals surface area (Å²) < 4.78 is 1.54. The van der Waals surface area contributed by atoms with Gasteiger partial charge >= 0.3 is 5.91 Å². The second-order valence-corrected chi connectivity index (χ2v) is 4.99. The van der Waals surface area contributed by atoms with Crippen molar-refractivity contribution in [1.82, 2.24) is 5.32 Å². The molecule has 0 radical (unpaired) electrons. The Bertz CT molecular complexity index is 782. The van der Waals surface area contributed by atoms with Crippen LogP contribution in [0.3, 0.4) is 0 Å².